The first-order chi connectivity index (χ1) is 5.20. The molecule has 1 heterocycles. The summed E-state index contributed by atoms with van der Waals surface area (Å²) in [5.74, 6) is 0.141. The fourth-order valence-electron chi connectivity index (χ4n) is 0.599. The molecule has 0 aromatic carbocycles. The van der Waals surface area contributed by atoms with Crippen molar-refractivity contribution in [2.75, 3.05) is 5.75 Å². The van der Waals surface area contributed by atoms with Crippen LogP contribution in [0.4, 0.5) is 0 Å². The van der Waals surface area contributed by atoms with Crippen LogP contribution in [0.1, 0.15) is 6.92 Å². The van der Waals surface area contributed by atoms with Crippen molar-refractivity contribution < 1.29 is 9.90 Å². The SMILES string of the molecule is C[C@H](NC1=CCSS1)C(=O)O. The molecule has 62 valence electrons. The predicted molar refractivity (Wildman–Crippen MR) is 48.4 cm³/mol. The maximum Gasteiger partial charge on any atom is 0.325 e. The Morgan fingerprint density at radius 2 is 2.64 bits per heavy atom. The summed E-state index contributed by atoms with van der Waals surface area (Å²) in [4.78, 5) is 10.4. The van der Waals surface area contributed by atoms with Crippen LogP contribution in [0.3, 0.4) is 0 Å². The van der Waals surface area contributed by atoms with Crippen molar-refractivity contribution in [3.8, 4) is 0 Å². The molecule has 0 aromatic rings. The highest BCUT2D eigenvalue weighted by Crippen LogP contribution is 2.34. The second-order valence-corrected chi connectivity index (χ2v) is 4.52. The van der Waals surface area contributed by atoms with Crippen LogP contribution < -0.4 is 5.32 Å². The highest BCUT2D eigenvalue weighted by atomic mass is 33.1. The van der Waals surface area contributed by atoms with E-state index in [0.29, 0.717) is 0 Å². The summed E-state index contributed by atoms with van der Waals surface area (Å²) in [7, 11) is 3.30. The predicted octanol–water partition coefficient (Wildman–Crippen LogP) is 1.29. The minimum atomic E-state index is -0.816. The number of aliphatic carboxylic acids is 1. The Kier molecular flexibility index (Phi) is 3.14. The molecule has 0 aliphatic carbocycles. The van der Waals surface area contributed by atoms with E-state index >= 15 is 0 Å². The first kappa shape index (κ1) is 8.80. The van der Waals surface area contributed by atoms with Gasteiger partial charge in [0.15, 0.2) is 0 Å². The van der Waals surface area contributed by atoms with Crippen LogP contribution >= 0.6 is 21.6 Å². The van der Waals surface area contributed by atoms with Crippen LogP contribution in [0.2, 0.25) is 0 Å². The molecular weight excluding hydrogens is 182 g/mol. The van der Waals surface area contributed by atoms with Gasteiger partial charge in [-0.15, -0.1) is 0 Å². The molecule has 0 aromatic heterocycles. The smallest absolute Gasteiger partial charge is 0.325 e. The fraction of sp³-hybridized carbons (Fsp3) is 0.500. The Bertz CT molecular complexity index is 193. The number of rotatable bonds is 3. The molecule has 2 N–H and O–H groups in total. The monoisotopic (exact) mass is 191 g/mol. The number of carboxylic acid groups (broad SMARTS) is 1. The van der Waals surface area contributed by atoms with E-state index < -0.39 is 12.0 Å². The quantitative estimate of drug-likeness (QED) is 0.658. The Morgan fingerprint density at radius 1 is 1.91 bits per heavy atom. The van der Waals surface area contributed by atoms with E-state index in [0.717, 1.165) is 10.8 Å². The molecule has 3 nitrogen and oxygen atoms in total. The van der Waals surface area contributed by atoms with Crippen molar-refractivity contribution in [1.29, 1.82) is 0 Å². The first-order valence-electron chi connectivity index (χ1n) is 3.19. The van der Waals surface area contributed by atoms with Crippen molar-refractivity contribution >= 4 is 27.6 Å². The maximum atomic E-state index is 10.4. The summed E-state index contributed by atoms with van der Waals surface area (Å²) in [6.07, 6.45) is 1.99. The van der Waals surface area contributed by atoms with Gasteiger partial charge < -0.3 is 10.4 Å². The molecule has 1 atom stereocenters. The van der Waals surface area contributed by atoms with Crippen molar-refractivity contribution in [2.45, 2.75) is 13.0 Å². The van der Waals surface area contributed by atoms with Crippen molar-refractivity contribution in [1.82, 2.24) is 5.32 Å². The topological polar surface area (TPSA) is 49.3 Å². The molecule has 0 unspecified atom stereocenters. The van der Waals surface area contributed by atoms with Gasteiger partial charge in [-0.2, -0.15) is 0 Å². The number of hydrogen-bond donors (Lipinski definition) is 2. The van der Waals surface area contributed by atoms with E-state index in [1.165, 1.54) is 0 Å². The van der Waals surface area contributed by atoms with Gasteiger partial charge in [0.2, 0.25) is 0 Å². The van der Waals surface area contributed by atoms with Gasteiger partial charge in [0, 0.05) is 5.75 Å². The molecule has 0 amide bonds. The number of carboxylic acids is 1. The summed E-state index contributed by atoms with van der Waals surface area (Å²) in [6, 6.07) is -0.493. The van der Waals surface area contributed by atoms with Crippen molar-refractivity contribution in [2.24, 2.45) is 0 Å². The average molecular weight is 191 g/mol. The second kappa shape index (κ2) is 3.92. The Morgan fingerprint density at radius 3 is 3.09 bits per heavy atom. The lowest BCUT2D eigenvalue weighted by atomic mass is 10.3. The van der Waals surface area contributed by atoms with Gasteiger partial charge in [-0.1, -0.05) is 10.8 Å². The summed E-state index contributed by atoms with van der Waals surface area (Å²) in [5, 5.41) is 12.4. The lowest BCUT2D eigenvalue weighted by molar-refractivity contribution is -0.138. The largest absolute Gasteiger partial charge is 0.480 e. The molecular formula is C6H9NO2S2. The third-order valence-corrected chi connectivity index (χ3v) is 3.40. The normalized spacial score (nSPS) is 19.2. The first-order valence-corrected chi connectivity index (χ1v) is 5.51. The molecule has 1 rings (SSSR count). The summed E-state index contributed by atoms with van der Waals surface area (Å²) in [6.45, 7) is 1.63. The molecule has 0 spiro atoms. The van der Waals surface area contributed by atoms with Gasteiger partial charge in [-0.3, -0.25) is 4.79 Å². The van der Waals surface area contributed by atoms with Crippen LogP contribution in [-0.2, 0) is 4.79 Å². The lowest BCUT2D eigenvalue weighted by Crippen LogP contribution is -2.31. The van der Waals surface area contributed by atoms with Crippen LogP contribution in [-0.4, -0.2) is 22.9 Å². The van der Waals surface area contributed by atoms with E-state index in [1.54, 1.807) is 28.5 Å². The molecule has 1 aliphatic heterocycles. The van der Waals surface area contributed by atoms with E-state index in [1.807, 2.05) is 6.08 Å². The van der Waals surface area contributed by atoms with Gasteiger partial charge >= 0.3 is 5.97 Å². The zero-order chi connectivity index (χ0) is 8.27. The zero-order valence-electron chi connectivity index (χ0n) is 6.03. The van der Waals surface area contributed by atoms with E-state index in [-0.39, 0.29) is 0 Å². The van der Waals surface area contributed by atoms with Crippen molar-refractivity contribution in [3.05, 3.63) is 11.1 Å². The van der Waals surface area contributed by atoms with Crippen LogP contribution in [0.25, 0.3) is 0 Å². The van der Waals surface area contributed by atoms with Gasteiger partial charge in [0.05, 0.1) is 5.03 Å². The van der Waals surface area contributed by atoms with Crippen LogP contribution in [0, 0.1) is 0 Å². The maximum absolute atomic E-state index is 10.4. The minimum Gasteiger partial charge on any atom is -0.480 e. The highest BCUT2D eigenvalue weighted by Gasteiger charge is 2.13. The Labute approximate surface area is 73.0 Å². The van der Waals surface area contributed by atoms with Crippen LogP contribution in [0.5, 0.6) is 0 Å². The Balaban J connectivity index is 2.35. The third kappa shape index (κ3) is 2.67. The van der Waals surface area contributed by atoms with Crippen molar-refractivity contribution in [3.63, 3.8) is 0 Å². The summed E-state index contributed by atoms with van der Waals surface area (Å²) >= 11 is 0. The minimum absolute atomic E-state index is 0.493. The van der Waals surface area contributed by atoms with Gasteiger partial charge in [-0.05, 0) is 23.8 Å². The van der Waals surface area contributed by atoms with E-state index in [9.17, 15) is 4.79 Å². The summed E-state index contributed by atoms with van der Waals surface area (Å²) in [5.41, 5.74) is 0. The molecule has 0 saturated carbocycles. The molecule has 0 fully saturated rings. The van der Waals surface area contributed by atoms with Gasteiger partial charge in [0.25, 0.3) is 0 Å². The molecule has 1 aliphatic rings. The average Bonchev–Trinajstić information content (AvgIpc) is 2.39. The third-order valence-electron chi connectivity index (χ3n) is 1.21. The molecule has 0 saturated heterocycles. The van der Waals surface area contributed by atoms with E-state index in [2.05, 4.69) is 5.32 Å². The molecule has 0 radical (unpaired) electrons. The van der Waals surface area contributed by atoms with Crippen LogP contribution in [0.15, 0.2) is 11.1 Å². The lowest BCUT2D eigenvalue weighted by Gasteiger charge is -2.09. The van der Waals surface area contributed by atoms with E-state index in [4.69, 9.17) is 5.11 Å². The van der Waals surface area contributed by atoms with Gasteiger partial charge in [0.1, 0.15) is 6.04 Å². The Hall–Kier alpha value is -0.290. The molecule has 5 heteroatoms. The second-order valence-electron chi connectivity index (χ2n) is 2.14. The summed E-state index contributed by atoms with van der Waals surface area (Å²) < 4.78 is 0. The fourth-order valence-corrected chi connectivity index (χ4v) is 2.65. The number of hydrogen-bond acceptors (Lipinski definition) is 4. The molecule has 11 heavy (non-hydrogen) atoms. The molecule has 0 bridgehead atoms. The van der Waals surface area contributed by atoms with Gasteiger partial charge in [-0.25, -0.2) is 0 Å². The highest BCUT2D eigenvalue weighted by molar-refractivity contribution is 8.78. The number of nitrogens with one attached hydrogen (secondary N) is 1. The standard InChI is InChI=1S/C6H9NO2S2/c1-4(6(8)9)7-5-2-3-10-11-5/h2,4,7H,3H2,1H3,(H,8,9)/t4-/m0/s1. The number of carbonyl (C=O) groups is 1. The zero-order valence-corrected chi connectivity index (χ0v) is 7.67.